The molecule has 0 aliphatic carbocycles. The van der Waals surface area contributed by atoms with Gasteiger partial charge in [0.05, 0.1) is 18.7 Å². The molecule has 1 aliphatic heterocycles. The number of carbonyl (C=O) groups excluding carboxylic acids is 1. The third-order valence-electron chi connectivity index (χ3n) is 4.45. The zero-order chi connectivity index (χ0) is 20.5. The minimum absolute atomic E-state index is 0. The van der Waals surface area contributed by atoms with E-state index in [1.54, 1.807) is 31.6 Å². The van der Waals surface area contributed by atoms with Crippen LogP contribution in [0.2, 0.25) is 0 Å². The van der Waals surface area contributed by atoms with Crippen LogP contribution in [0.3, 0.4) is 0 Å². The molecule has 0 saturated heterocycles. The number of amides is 1. The monoisotopic (exact) mass is 528 g/mol. The largest absolute Gasteiger partial charge is 0.377 e. The van der Waals surface area contributed by atoms with Crippen LogP contribution in [0.1, 0.15) is 35.4 Å². The Labute approximate surface area is 193 Å². The highest BCUT2D eigenvalue weighted by Crippen LogP contribution is 2.13. The van der Waals surface area contributed by atoms with Crippen LogP contribution in [0.5, 0.6) is 0 Å². The van der Waals surface area contributed by atoms with Gasteiger partial charge in [0.2, 0.25) is 0 Å². The molecule has 0 spiro atoms. The number of nitrogens with zero attached hydrogens (tertiary/aromatic N) is 5. The van der Waals surface area contributed by atoms with Crippen LogP contribution in [0.4, 0.5) is 0 Å². The van der Waals surface area contributed by atoms with E-state index in [2.05, 4.69) is 36.0 Å². The van der Waals surface area contributed by atoms with Gasteiger partial charge in [0.25, 0.3) is 5.91 Å². The zero-order valence-electron chi connectivity index (χ0n) is 17.3. The molecule has 2 aromatic rings. The average molecular weight is 528 g/mol. The van der Waals surface area contributed by atoms with Crippen LogP contribution in [0.15, 0.2) is 29.5 Å². The smallest absolute Gasteiger partial charge is 0.252 e. The molecule has 0 aromatic carbocycles. The second-order valence-electron chi connectivity index (χ2n) is 6.70. The minimum atomic E-state index is -0.149. The maximum atomic E-state index is 12.0. The summed E-state index contributed by atoms with van der Waals surface area (Å²) in [5.74, 6) is 2.29. The first-order valence-electron chi connectivity index (χ1n) is 9.84. The molecule has 3 rings (SSSR count). The Morgan fingerprint density at radius 2 is 2.27 bits per heavy atom. The number of halogens is 1. The summed E-state index contributed by atoms with van der Waals surface area (Å²) >= 11 is 0. The van der Waals surface area contributed by atoms with Crippen LogP contribution in [-0.4, -0.2) is 64.4 Å². The van der Waals surface area contributed by atoms with Gasteiger partial charge in [-0.25, -0.2) is 9.67 Å². The van der Waals surface area contributed by atoms with Crippen molar-refractivity contribution in [1.82, 2.24) is 35.7 Å². The molecular formula is C19H29IN8O2. The SMILES string of the molecule is CCNC(=NCCNC(=O)c1cccnc1)NC1CCc2nc(COC)nn2C1.I. The van der Waals surface area contributed by atoms with Gasteiger partial charge in [0, 0.05) is 45.1 Å². The number of carbonyl (C=O) groups is 1. The summed E-state index contributed by atoms with van der Waals surface area (Å²) in [5, 5.41) is 14.1. The number of hydrogen-bond donors (Lipinski definition) is 3. The van der Waals surface area contributed by atoms with Crippen molar-refractivity contribution in [1.29, 1.82) is 0 Å². The van der Waals surface area contributed by atoms with Crippen LogP contribution in [-0.2, 0) is 24.3 Å². The van der Waals surface area contributed by atoms with E-state index in [-0.39, 0.29) is 35.9 Å². The molecule has 0 fully saturated rings. The Hall–Kier alpha value is -2.28. The lowest BCUT2D eigenvalue weighted by Gasteiger charge is -2.25. The lowest BCUT2D eigenvalue weighted by molar-refractivity contribution is 0.0954. The maximum absolute atomic E-state index is 12.0. The fraction of sp³-hybridized carbons (Fsp3) is 0.526. The summed E-state index contributed by atoms with van der Waals surface area (Å²) in [6.45, 7) is 4.85. The van der Waals surface area contributed by atoms with Gasteiger partial charge in [-0.15, -0.1) is 24.0 Å². The van der Waals surface area contributed by atoms with Gasteiger partial charge in [-0.05, 0) is 25.5 Å². The van der Waals surface area contributed by atoms with Crippen LogP contribution < -0.4 is 16.0 Å². The molecule has 0 radical (unpaired) electrons. The number of nitrogens with one attached hydrogen (secondary N) is 3. The molecule has 10 nitrogen and oxygen atoms in total. The lowest BCUT2D eigenvalue weighted by Crippen LogP contribution is -2.47. The molecular weight excluding hydrogens is 499 g/mol. The number of hydrogen-bond acceptors (Lipinski definition) is 6. The standard InChI is InChI=1S/C19H28N8O2.HI/c1-3-21-19(23-10-9-22-18(28)14-5-4-8-20-11-14)24-15-6-7-17-25-16(13-29-2)26-27(17)12-15;/h4-5,8,11,15H,3,6-7,9-10,12-13H2,1-2H3,(H,22,28)(H2,21,23,24);1H. The summed E-state index contributed by atoms with van der Waals surface area (Å²) in [5.41, 5.74) is 0.542. The van der Waals surface area contributed by atoms with Crippen molar-refractivity contribution in [2.75, 3.05) is 26.7 Å². The molecule has 30 heavy (non-hydrogen) atoms. The predicted molar refractivity (Wildman–Crippen MR) is 124 cm³/mol. The van der Waals surface area contributed by atoms with Crippen molar-refractivity contribution in [3.05, 3.63) is 41.7 Å². The van der Waals surface area contributed by atoms with Crippen molar-refractivity contribution in [3.63, 3.8) is 0 Å². The number of aliphatic imine (C=N–C) groups is 1. The molecule has 164 valence electrons. The van der Waals surface area contributed by atoms with E-state index >= 15 is 0 Å². The number of ether oxygens (including phenoxy) is 1. The molecule has 1 amide bonds. The number of aromatic nitrogens is 4. The van der Waals surface area contributed by atoms with Crippen LogP contribution in [0.25, 0.3) is 0 Å². The Morgan fingerprint density at radius 3 is 3.00 bits per heavy atom. The van der Waals surface area contributed by atoms with E-state index in [9.17, 15) is 4.79 Å². The van der Waals surface area contributed by atoms with Gasteiger partial charge in [-0.2, -0.15) is 5.10 Å². The molecule has 1 aliphatic rings. The molecule has 0 saturated carbocycles. The fourth-order valence-corrected chi connectivity index (χ4v) is 3.12. The van der Waals surface area contributed by atoms with Gasteiger partial charge in [0.1, 0.15) is 12.4 Å². The van der Waals surface area contributed by atoms with E-state index in [0.717, 1.165) is 37.7 Å². The highest BCUT2D eigenvalue weighted by Gasteiger charge is 2.22. The van der Waals surface area contributed by atoms with Crippen molar-refractivity contribution < 1.29 is 9.53 Å². The van der Waals surface area contributed by atoms with Gasteiger partial charge in [-0.3, -0.25) is 14.8 Å². The molecule has 1 atom stereocenters. The number of aryl methyl sites for hydroxylation is 1. The Morgan fingerprint density at radius 1 is 1.40 bits per heavy atom. The van der Waals surface area contributed by atoms with E-state index in [0.29, 0.717) is 31.1 Å². The first kappa shape index (κ1) is 24.0. The number of guanidine groups is 1. The quantitative estimate of drug-likeness (QED) is 0.200. The molecule has 2 aromatic heterocycles. The topological polar surface area (TPSA) is 118 Å². The third kappa shape index (κ3) is 6.90. The number of pyridine rings is 1. The van der Waals surface area contributed by atoms with Crippen molar-refractivity contribution in [3.8, 4) is 0 Å². The second kappa shape index (κ2) is 12.4. The molecule has 0 bridgehead atoms. The molecule has 3 N–H and O–H groups in total. The van der Waals surface area contributed by atoms with E-state index in [1.807, 2.05) is 11.6 Å². The predicted octanol–water partition coefficient (Wildman–Crippen LogP) is 0.737. The van der Waals surface area contributed by atoms with Crippen LogP contribution >= 0.6 is 24.0 Å². The Kier molecular flexibility index (Phi) is 9.94. The average Bonchev–Trinajstić information content (AvgIpc) is 3.13. The summed E-state index contributed by atoms with van der Waals surface area (Å²) < 4.78 is 7.05. The molecule has 3 heterocycles. The normalized spacial score (nSPS) is 15.7. The molecule has 11 heteroatoms. The highest BCUT2D eigenvalue weighted by atomic mass is 127. The van der Waals surface area contributed by atoms with E-state index < -0.39 is 0 Å². The second-order valence-corrected chi connectivity index (χ2v) is 6.70. The van der Waals surface area contributed by atoms with Gasteiger partial charge >= 0.3 is 0 Å². The van der Waals surface area contributed by atoms with Gasteiger partial charge in [0.15, 0.2) is 11.8 Å². The maximum Gasteiger partial charge on any atom is 0.252 e. The Balaban J connectivity index is 0.00000320. The van der Waals surface area contributed by atoms with Crippen molar-refractivity contribution in [2.45, 2.75) is 39.0 Å². The summed E-state index contributed by atoms with van der Waals surface area (Å²) in [6, 6.07) is 3.68. The minimum Gasteiger partial charge on any atom is -0.377 e. The molecule has 1 unspecified atom stereocenters. The zero-order valence-corrected chi connectivity index (χ0v) is 19.6. The van der Waals surface area contributed by atoms with Crippen molar-refractivity contribution in [2.24, 2.45) is 4.99 Å². The number of methoxy groups -OCH3 is 1. The lowest BCUT2D eigenvalue weighted by atomic mass is 10.1. The van der Waals surface area contributed by atoms with Crippen LogP contribution in [0, 0.1) is 0 Å². The summed E-state index contributed by atoms with van der Waals surface area (Å²) in [6.07, 6.45) is 4.99. The summed E-state index contributed by atoms with van der Waals surface area (Å²) in [4.78, 5) is 25.1. The Bertz CT molecular complexity index is 827. The third-order valence-corrected chi connectivity index (χ3v) is 4.45. The highest BCUT2D eigenvalue weighted by molar-refractivity contribution is 14.0. The first-order valence-corrected chi connectivity index (χ1v) is 9.84. The first-order chi connectivity index (χ1) is 14.2. The number of rotatable bonds is 8. The van der Waals surface area contributed by atoms with Gasteiger partial charge in [-0.1, -0.05) is 0 Å². The van der Waals surface area contributed by atoms with E-state index in [1.165, 1.54) is 0 Å². The summed E-state index contributed by atoms with van der Waals surface area (Å²) in [7, 11) is 1.64. The van der Waals surface area contributed by atoms with Gasteiger partial charge < -0.3 is 20.7 Å². The number of fused-ring (bicyclic) bond motifs is 1. The van der Waals surface area contributed by atoms with Crippen molar-refractivity contribution >= 4 is 35.8 Å². The fourth-order valence-electron chi connectivity index (χ4n) is 3.12. The van der Waals surface area contributed by atoms with E-state index in [4.69, 9.17) is 4.74 Å².